The van der Waals surface area contributed by atoms with Crippen LogP contribution in [0, 0.1) is 23.7 Å². The van der Waals surface area contributed by atoms with Crippen molar-refractivity contribution < 1.29 is 14.3 Å². The van der Waals surface area contributed by atoms with Crippen molar-refractivity contribution in [2.24, 2.45) is 23.7 Å². The number of nitrogens with one attached hydrogen (secondary N) is 1. The van der Waals surface area contributed by atoms with Crippen LogP contribution in [0.4, 0.5) is 0 Å². The molecule has 0 saturated heterocycles. The van der Waals surface area contributed by atoms with Crippen LogP contribution in [0.2, 0.25) is 0 Å². The van der Waals surface area contributed by atoms with E-state index in [-0.39, 0.29) is 29.8 Å². The van der Waals surface area contributed by atoms with E-state index in [0.717, 1.165) is 31.4 Å². The van der Waals surface area contributed by atoms with E-state index in [0.29, 0.717) is 24.8 Å². The molecule has 0 aliphatic heterocycles. The summed E-state index contributed by atoms with van der Waals surface area (Å²) in [6.07, 6.45) is 7.93. The standard InChI is InChI=1S/C21H30N2O3/c1-14(2)11-15-7-3-4-9-19(15)26-21(25)18-12-17(18)20(24)23-13-16-8-5-6-10-22-16/h5-6,8,10,14-15,17-19H,3-4,7,9,11-13H2,1-2H3,(H,23,24)/t15?,17-,18-,19?/m0/s1. The van der Waals surface area contributed by atoms with E-state index in [2.05, 4.69) is 24.1 Å². The molecule has 0 radical (unpaired) electrons. The molecule has 1 aromatic rings. The summed E-state index contributed by atoms with van der Waals surface area (Å²) in [6, 6.07) is 5.61. The Kier molecular flexibility index (Phi) is 6.28. The van der Waals surface area contributed by atoms with Gasteiger partial charge >= 0.3 is 5.97 Å². The maximum atomic E-state index is 12.5. The Bertz CT molecular complexity index is 617. The predicted octanol–water partition coefficient (Wildman–Crippen LogP) is 3.48. The third kappa shape index (κ3) is 5.05. The molecule has 142 valence electrons. The number of pyridine rings is 1. The second-order valence-corrected chi connectivity index (χ2v) is 8.14. The van der Waals surface area contributed by atoms with Gasteiger partial charge in [-0.25, -0.2) is 0 Å². The molecule has 2 fully saturated rings. The smallest absolute Gasteiger partial charge is 0.310 e. The van der Waals surface area contributed by atoms with Gasteiger partial charge in [-0.3, -0.25) is 14.6 Å². The van der Waals surface area contributed by atoms with Gasteiger partial charge in [0, 0.05) is 6.20 Å². The number of esters is 1. The van der Waals surface area contributed by atoms with Crippen molar-refractivity contribution in [3.8, 4) is 0 Å². The van der Waals surface area contributed by atoms with Gasteiger partial charge in [0.05, 0.1) is 24.1 Å². The van der Waals surface area contributed by atoms with Crippen LogP contribution in [0.1, 0.15) is 58.1 Å². The second-order valence-electron chi connectivity index (χ2n) is 8.14. The normalized spacial score (nSPS) is 27.8. The van der Waals surface area contributed by atoms with E-state index in [9.17, 15) is 9.59 Å². The van der Waals surface area contributed by atoms with Gasteiger partial charge in [-0.05, 0) is 56.1 Å². The summed E-state index contributed by atoms with van der Waals surface area (Å²) >= 11 is 0. The van der Waals surface area contributed by atoms with Gasteiger partial charge < -0.3 is 10.1 Å². The molecule has 1 heterocycles. The van der Waals surface area contributed by atoms with Gasteiger partial charge in [0.1, 0.15) is 6.10 Å². The van der Waals surface area contributed by atoms with E-state index in [1.165, 1.54) is 6.42 Å². The van der Waals surface area contributed by atoms with E-state index < -0.39 is 0 Å². The molecule has 2 unspecified atom stereocenters. The maximum absolute atomic E-state index is 12.5. The van der Waals surface area contributed by atoms with Crippen molar-refractivity contribution >= 4 is 11.9 Å². The van der Waals surface area contributed by atoms with Crippen LogP contribution in [0.15, 0.2) is 24.4 Å². The van der Waals surface area contributed by atoms with Gasteiger partial charge in [-0.15, -0.1) is 0 Å². The van der Waals surface area contributed by atoms with Gasteiger partial charge in [-0.2, -0.15) is 0 Å². The van der Waals surface area contributed by atoms with Crippen molar-refractivity contribution in [3.05, 3.63) is 30.1 Å². The number of rotatable bonds is 7. The Labute approximate surface area is 155 Å². The number of ether oxygens (including phenoxy) is 1. The monoisotopic (exact) mass is 358 g/mol. The molecule has 0 aromatic carbocycles. The summed E-state index contributed by atoms with van der Waals surface area (Å²) in [6.45, 7) is 4.84. The first-order chi connectivity index (χ1) is 12.5. The molecule has 26 heavy (non-hydrogen) atoms. The molecule has 2 aliphatic rings. The SMILES string of the molecule is CC(C)CC1CCCCC1OC(=O)[C@H]1C[C@@H]1C(=O)NCc1ccccn1. The number of carbonyl (C=O) groups excluding carboxylic acids is 2. The first-order valence-corrected chi connectivity index (χ1v) is 9.92. The Morgan fingerprint density at radius 1 is 1.23 bits per heavy atom. The molecule has 5 heteroatoms. The average Bonchev–Trinajstić information content (AvgIpc) is 3.43. The van der Waals surface area contributed by atoms with E-state index in [1.54, 1.807) is 6.20 Å². The van der Waals surface area contributed by atoms with Crippen LogP contribution >= 0.6 is 0 Å². The van der Waals surface area contributed by atoms with E-state index in [4.69, 9.17) is 4.74 Å². The molecular weight excluding hydrogens is 328 g/mol. The van der Waals surface area contributed by atoms with Gasteiger partial charge in [0.25, 0.3) is 0 Å². The molecule has 0 spiro atoms. The van der Waals surface area contributed by atoms with Crippen molar-refractivity contribution in [2.45, 2.75) is 65.0 Å². The minimum Gasteiger partial charge on any atom is -0.462 e. The lowest BCUT2D eigenvalue weighted by Crippen LogP contribution is -2.32. The zero-order valence-electron chi connectivity index (χ0n) is 15.8. The van der Waals surface area contributed by atoms with Gasteiger partial charge in [0.2, 0.25) is 5.91 Å². The summed E-state index contributed by atoms with van der Waals surface area (Å²) in [5.41, 5.74) is 0.819. The molecule has 2 aliphatic carbocycles. The van der Waals surface area contributed by atoms with Crippen LogP contribution in [0.25, 0.3) is 0 Å². The van der Waals surface area contributed by atoms with Crippen molar-refractivity contribution in [1.29, 1.82) is 0 Å². The number of carbonyl (C=O) groups is 2. The largest absolute Gasteiger partial charge is 0.462 e. The van der Waals surface area contributed by atoms with E-state index >= 15 is 0 Å². The number of nitrogens with zero attached hydrogens (tertiary/aromatic N) is 1. The van der Waals surface area contributed by atoms with Crippen molar-refractivity contribution in [1.82, 2.24) is 10.3 Å². The lowest BCUT2D eigenvalue weighted by atomic mass is 9.81. The number of hydrogen-bond donors (Lipinski definition) is 1. The topological polar surface area (TPSA) is 68.3 Å². The quantitative estimate of drug-likeness (QED) is 0.758. The lowest BCUT2D eigenvalue weighted by Gasteiger charge is -2.32. The van der Waals surface area contributed by atoms with Crippen LogP contribution in [0.5, 0.6) is 0 Å². The number of hydrogen-bond acceptors (Lipinski definition) is 4. The predicted molar refractivity (Wildman–Crippen MR) is 99.0 cm³/mol. The highest BCUT2D eigenvalue weighted by Gasteiger charge is 2.50. The Balaban J connectivity index is 1.45. The fourth-order valence-corrected chi connectivity index (χ4v) is 4.00. The highest BCUT2D eigenvalue weighted by atomic mass is 16.5. The lowest BCUT2D eigenvalue weighted by molar-refractivity contribution is -0.156. The zero-order chi connectivity index (χ0) is 18.5. The third-order valence-electron chi connectivity index (χ3n) is 5.48. The maximum Gasteiger partial charge on any atom is 0.310 e. The molecule has 4 atom stereocenters. The highest BCUT2D eigenvalue weighted by molar-refractivity contribution is 5.90. The van der Waals surface area contributed by atoms with Gasteiger partial charge in [-0.1, -0.05) is 26.3 Å². The molecule has 1 aromatic heterocycles. The van der Waals surface area contributed by atoms with Crippen LogP contribution in [0.3, 0.4) is 0 Å². The van der Waals surface area contributed by atoms with Crippen LogP contribution in [-0.4, -0.2) is 23.0 Å². The van der Waals surface area contributed by atoms with Crippen LogP contribution in [-0.2, 0) is 20.9 Å². The number of aromatic nitrogens is 1. The third-order valence-corrected chi connectivity index (χ3v) is 5.48. The average molecular weight is 358 g/mol. The van der Waals surface area contributed by atoms with Gasteiger partial charge in [0.15, 0.2) is 0 Å². The Morgan fingerprint density at radius 2 is 2.04 bits per heavy atom. The van der Waals surface area contributed by atoms with Crippen LogP contribution < -0.4 is 5.32 Å². The second kappa shape index (κ2) is 8.65. The molecule has 3 rings (SSSR count). The Morgan fingerprint density at radius 3 is 2.77 bits per heavy atom. The minimum absolute atomic E-state index is 0.0384. The molecular formula is C21H30N2O3. The fourth-order valence-electron chi connectivity index (χ4n) is 4.00. The molecule has 5 nitrogen and oxygen atoms in total. The molecule has 1 amide bonds. The molecule has 0 bridgehead atoms. The summed E-state index contributed by atoms with van der Waals surface area (Å²) in [5.74, 6) is 0.343. The van der Waals surface area contributed by atoms with E-state index in [1.807, 2.05) is 18.2 Å². The van der Waals surface area contributed by atoms with Crippen molar-refractivity contribution in [3.63, 3.8) is 0 Å². The number of amides is 1. The summed E-state index contributed by atoms with van der Waals surface area (Å²) in [7, 11) is 0. The molecule has 1 N–H and O–H groups in total. The summed E-state index contributed by atoms with van der Waals surface area (Å²) < 4.78 is 5.84. The summed E-state index contributed by atoms with van der Waals surface area (Å²) in [4.78, 5) is 28.9. The highest BCUT2D eigenvalue weighted by Crippen LogP contribution is 2.41. The summed E-state index contributed by atoms with van der Waals surface area (Å²) in [5, 5.41) is 2.88. The fraction of sp³-hybridized carbons (Fsp3) is 0.667. The minimum atomic E-state index is -0.264. The molecule has 2 saturated carbocycles. The first kappa shape index (κ1) is 18.9. The first-order valence-electron chi connectivity index (χ1n) is 9.92. The zero-order valence-corrected chi connectivity index (χ0v) is 15.8. The van der Waals surface area contributed by atoms with Crippen molar-refractivity contribution in [2.75, 3.05) is 0 Å². The Hall–Kier alpha value is -1.91.